The number of benzene rings is 1. The molecule has 0 aromatic heterocycles. The Bertz CT molecular complexity index is 332. The van der Waals surface area contributed by atoms with Gasteiger partial charge in [0.15, 0.2) is 0 Å². The molecule has 0 unspecified atom stereocenters. The first-order chi connectivity index (χ1) is 7.91. The van der Waals surface area contributed by atoms with Gasteiger partial charge in [0.25, 0.3) is 0 Å². The van der Waals surface area contributed by atoms with E-state index in [9.17, 15) is 0 Å². The minimum Gasteiger partial charge on any atom is -0.400 e. The second-order valence-electron chi connectivity index (χ2n) is 4.61. The van der Waals surface area contributed by atoms with Gasteiger partial charge in [-0.05, 0) is 23.5 Å². The van der Waals surface area contributed by atoms with Crippen molar-refractivity contribution in [2.75, 3.05) is 7.11 Å². The fourth-order valence-electron chi connectivity index (χ4n) is 1.25. The van der Waals surface area contributed by atoms with E-state index in [0.29, 0.717) is 0 Å². The lowest BCUT2D eigenvalue weighted by molar-refractivity contribution is 0.399. The van der Waals surface area contributed by atoms with E-state index in [1.165, 1.54) is 11.1 Å². The molecule has 0 aliphatic rings. The van der Waals surface area contributed by atoms with Crippen LogP contribution in [0, 0.1) is 0 Å². The quantitative estimate of drug-likeness (QED) is 0.713. The molecule has 0 atom stereocenters. The number of allylic oxidation sites excluding steroid dienone is 1. The maximum Gasteiger partial charge on any atom is 0.0319 e. The maximum absolute atomic E-state index is 7.00. The number of aliphatic hydroxyl groups excluding tert-OH is 1. The summed E-state index contributed by atoms with van der Waals surface area (Å²) in [5.41, 5.74) is 3.97. The monoisotopic (exact) mass is 234 g/mol. The van der Waals surface area contributed by atoms with Crippen LogP contribution in [0.5, 0.6) is 0 Å². The Hall–Kier alpha value is -1.34. The average Bonchev–Trinajstić information content (AvgIpc) is 2.33. The highest BCUT2D eigenvalue weighted by Crippen LogP contribution is 2.24. The molecule has 0 amide bonds. The molecule has 0 heterocycles. The van der Waals surface area contributed by atoms with Crippen LogP contribution in [0.3, 0.4) is 0 Å². The summed E-state index contributed by atoms with van der Waals surface area (Å²) in [5, 5.41) is 7.00. The van der Waals surface area contributed by atoms with Crippen molar-refractivity contribution in [2.45, 2.75) is 33.1 Å². The number of hydrogen-bond acceptors (Lipinski definition) is 1. The highest BCUT2D eigenvalue weighted by molar-refractivity contribution is 5.62. The van der Waals surface area contributed by atoms with E-state index in [0.717, 1.165) is 12.7 Å². The highest BCUT2D eigenvalue weighted by Gasteiger charge is 2.13. The van der Waals surface area contributed by atoms with Crippen LogP contribution in [-0.2, 0) is 5.41 Å². The lowest BCUT2D eigenvalue weighted by Gasteiger charge is -2.19. The maximum atomic E-state index is 7.00. The van der Waals surface area contributed by atoms with E-state index >= 15 is 0 Å². The fraction of sp³-hybridized carbons (Fsp3) is 0.375. The summed E-state index contributed by atoms with van der Waals surface area (Å²) in [4.78, 5) is 0. The molecular formula is C16H26O. The standard InChI is InChI=1S/C13H18.C2H4.CH4O/c1-10(2)11-7-6-8-12(9-11)13(3,4)5;2*1-2/h6-9H,1H2,2-5H3;1-2H2;2H,1H3. The van der Waals surface area contributed by atoms with Crippen molar-refractivity contribution in [2.24, 2.45) is 0 Å². The zero-order chi connectivity index (χ0) is 14.1. The molecule has 0 radical (unpaired) electrons. The third-order valence-electron chi connectivity index (χ3n) is 2.22. The van der Waals surface area contributed by atoms with Crippen molar-refractivity contribution < 1.29 is 5.11 Å². The molecule has 0 saturated heterocycles. The van der Waals surface area contributed by atoms with Gasteiger partial charge < -0.3 is 5.11 Å². The molecular weight excluding hydrogens is 208 g/mol. The minimum atomic E-state index is 0.228. The predicted octanol–water partition coefficient (Wildman–Crippen LogP) is 4.43. The molecule has 1 heteroatoms. The third-order valence-corrected chi connectivity index (χ3v) is 2.22. The third kappa shape index (κ3) is 6.75. The van der Waals surface area contributed by atoms with Crippen molar-refractivity contribution in [3.05, 3.63) is 55.1 Å². The molecule has 0 aliphatic heterocycles. The van der Waals surface area contributed by atoms with Gasteiger partial charge in [0.1, 0.15) is 0 Å². The molecule has 0 spiro atoms. The summed E-state index contributed by atoms with van der Waals surface area (Å²) < 4.78 is 0. The van der Waals surface area contributed by atoms with Crippen LogP contribution in [0.15, 0.2) is 44.0 Å². The van der Waals surface area contributed by atoms with E-state index in [4.69, 9.17) is 5.11 Å². The van der Waals surface area contributed by atoms with Crippen molar-refractivity contribution in [1.82, 2.24) is 0 Å². The second-order valence-corrected chi connectivity index (χ2v) is 4.61. The van der Waals surface area contributed by atoms with Gasteiger partial charge in [-0.25, -0.2) is 0 Å². The van der Waals surface area contributed by atoms with Gasteiger partial charge in [-0.1, -0.05) is 57.2 Å². The van der Waals surface area contributed by atoms with E-state index in [1.54, 1.807) is 0 Å². The van der Waals surface area contributed by atoms with Gasteiger partial charge in [-0.2, -0.15) is 0 Å². The lowest BCUT2D eigenvalue weighted by Crippen LogP contribution is -2.10. The molecule has 0 fully saturated rings. The minimum absolute atomic E-state index is 0.228. The SMILES string of the molecule is C=C.C=C(C)c1cccc(C(C)(C)C)c1.CO. The number of rotatable bonds is 1. The summed E-state index contributed by atoms with van der Waals surface area (Å²) in [6, 6.07) is 8.61. The number of aliphatic hydroxyl groups is 1. The summed E-state index contributed by atoms with van der Waals surface area (Å²) in [5.74, 6) is 0. The first kappa shape index (κ1) is 18.0. The van der Waals surface area contributed by atoms with Crippen LogP contribution in [-0.4, -0.2) is 12.2 Å². The molecule has 1 aromatic carbocycles. The van der Waals surface area contributed by atoms with Gasteiger partial charge in [-0.15, -0.1) is 13.2 Å². The van der Waals surface area contributed by atoms with E-state index < -0.39 is 0 Å². The first-order valence-electron chi connectivity index (χ1n) is 5.62. The normalized spacial score (nSPS) is 9.29. The molecule has 0 bridgehead atoms. The van der Waals surface area contributed by atoms with Gasteiger partial charge >= 0.3 is 0 Å². The van der Waals surface area contributed by atoms with E-state index in [2.05, 4.69) is 64.8 Å². The summed E-state index contributed by atoms with van der Waals surface area (Å²) >= 11 is 0. The zero-order valence-electron chi connectivity index (χ0n) is 11.9. The Balaban J connectivity index is 0. The Labute approximate surface area is 107 Å². The Morgan fingerprint density at radius 3 is 1.94 bits per heavy atom. The van der Waals surface area contributed by atoms with Gasteiger partial charge in [0.05, 0.1) is 0 Å². The smallest absolute Gasteiger partial charge is 0.0319 e. The highest BCUT2D eigenvalue weighted by atomic mass is 16.2. The van der Waals surface area contributed by atoms with Crippen molar-refractivity contribution in [1.29, 1.82) is 0 Å². The van der Waals surface area contributed by atoms with Crippen LogP contribution in [0.1, 0.15) is 38.8 Å². The summed E-state index contributed by atoms with van der Waals surface area (Å²) in [6.07, 6.45) is 0. The second kappa shape index (κ2) is 8.77. The molecule has 17 heavy (non-hydrogen) atoms. The molecule has 1 rings (SSSR count). The van der Waals surface area contributed by atoms with Crippen LogP contribution in [0.4, 0.5) is 0 Å². The first-order valence-corrected chi connectivity index (χ1v) is 5.62. The molecule has 0 saturated carbocycles. The largest absolute Gasteiger partial charge is 0.400 e. The van der Waals surface area contributed by atoms with Gasteiger partial charge in [0.2, 0.25) is 0 Å². The zero-order valence-corrected chi connectivity index (χ0v) is 11.9. The molecule has 1 aromatic rings. The van der Waals surface area contributed by atoms with Crippen molar-refractivity contribution in [3.8, 4) is 0 Å². The molecule has 1 N–H and O–H groups in total. The molecule has 96 valence electrons. The Kier molecular flexibility index (Phi) is 9.31. The van der Waals surface area contributed by atoms with Crippen molar-refractivity contribution in [3.63, 3.8) is 0 Å². The van der Waals surface area contributed by atoms with Gasteiger partial charge in [-0.3, -0.25) is 0 Å². The lowest BCUT2D eigenvalue weighted by atomic mass is 9.85. The summed E-state index contributed by atoms with van der Waals surface area (Å²) in [7, 11) is 1.00. The van der Waals surface area contributed by atoms with E-state index in [1.807, 2.05) is 6.92 Å². The van der Waals surface area contributed by atoms with Crippen LogP contribution in [0.25, 0.3) is 5.57 Å². The van der Waals surface area contributed by atoms with Crippen LogP contribution >= 0.6 is 0 Å². The molecule has 1 nitrogen and oxygen atoms in total. The predicted molar refractivity (Wildman–Crippen MR) is 79.2 cm³/mol. The average molecular weight is 234 g/mol. The Morgan fingerprint density at radius 2 is 1.59 bits per heavy atom. The van der Waals surface area contributed by atoms with Crippen LogP contribution in [0.2, 0.25) is 0 Å². The molecule has 0 aliphatic carbocycles. The van der Waals surface area contributed by atoms with Crippen LogP contribution < -0.4 is 0 Å². The summed E-state index contributed by atoms with van der Waals surface area (Å²) in [6.45, 7) is 18.7. The fourth-order valence-corrected chi connectivity index (χ4v) is 1.25. The topological polar surface area (TPSA) is 20.2 Å². The Morgan fingerprint density at radius 1 is 1.12 bits per heavy atom. The van der Waals surface area contributed by atoms with Gasteiger partial charge in [0, 0.05) is 7.11 Å². The van der Waals surface area contributed by atoms with Crippen molar-refractivity contribution >= 4 is 5.57 Å². The number of hydrogen-bond donors (Lipinski definition) is 1. The van der Waals surface area contributed by atoms with E-state index in [-0.39, 0.29) is 5.41 Å².